The first-order valence-corrected chi connectivity index (χ1v) is 8.93. The van der Waals surface area contributed by atoms with Gasteiger partial charge in [0.05, 0.1) is 24.1 Å². The minimum atomic E-state index is -0.657. The lowest BCUT2D eigenvalue weighted by molar-refractivity contribution is -0.147. The molecule has 0 radical (unpaired) electrons. The van der Waals surface area contributed by atoms with E-state index < -0.39 is 12.0 Å². The van der Waals surface area contributed by atoms with E-state index in [1.165, 1.54) is 7.11 Å². The number of carbonyl (C=O) groups is 2. The third kappa shape index (κ3) is 2.07. The molecule has 3 aromatic rings. The van der Waals surface area contributed by atoms with Crippen molar-refractivity contribution in [1.82, 2.24) is 9.88 Å². The van der Waals surface area contributed by atoms with Crippen molar-refractivity contribution >= 4 is 28.5 Å². The van der Waals surface area contributed by atoms with Gasteiger partial charge < -0.3 is 14.6 Å². The number of H-pyrrole nitrogens is 1. The normalized spacial score (nSPS) is 20.9. The molecule has 0 unspecified atom stereocenters. The molecule has 0 saturated heterocycles. The maximum absolute atomic E-state index is 13.3. The second kappa shape index (κ2) is 5.61. The maximum atomic E-state index is 13.3. The molecule has 0 aliphatic carbocycles. The van der Waals surface area contributed by atoms with Crippen molar-refractivity contribution in [3.05, 3.63) is 65.4 Å². The minimum absolute atomic E-state index is 0.145. The Kier molecular flexibility index (Phi) is 3.31. The molecule has 1 aromatic heterocycles. The van der Waals surface area contributed by atoms with Crippen molar-refractivity contribution in [3.63, 3.8) is 0 Å². The van der Waals surface area contributed by atoms with E-state index in [1.54, 1.807) is 11.0 Å². The number of anilines is 1. The number of nitrogens with zero attached hydrogens (tertiary/aromatic N) is 2. The Morgan fingerprint density at radius 2 is 1.89 bits per heavy atom. The predicted octanol–water partition coefficient (Wildman–Crippen LogP) is 2.86. The van der Waals surface area contributed by atoms with Crippen LogP contribution in [-0.4, -0.2) is 42.0 Å². The molecule has 3 heterocycles. The Morgan fingerprint density at radius 3 is 2.70 bits per heavy atom. The van der Waals surface area contributed by atoms with Crippen LogP contribution >= 0.6 is 0 Å². The van der Waals surface area contributed by atoms with Gasteiger partial charge in [-0.25, -0.2) is 4.79 Å². The average molecular weight is 361 g/mol. The van der Waals surface area contributed by atoms with Crippen molar-refractivity contribution in [3.8, 4) is 0 Å². The summed E-state index contributed by atoms with van der Waals surface area (Å²) in [5.74, 6) is -0.537. The van der Waals surface area contributed by atoms with Crippen LogP contribution in [0.1, 0.15) is 27.8 Å². The van der Waals surface area contributed by atoms with E-state index in [9.17, 15) is 9.59 Å². The number of amides is 1. The number of aromatic nitrogens is 1. The molecular weight excluding hydrogens is 342 g/mol. The molecule has 2 aromatic carbocycles. The number of nitrogens with one attached hydrogen (secondary N) is 1. The van der Waals surface area contributed by atoms with Crippen LogP contribution in [0.4, 0.5) is 5.69 Å². The summed E-state index contributed by atoms with van der Waals surface area (Å²) in [6.45, 7) is 0. The largest absolute Gasteiger partial charge is 0.467 e. The number of rotatable bonds is 1. The third-order valence-corrected chi connectivity index (χ3v) is 5.69. The first kappa shape index (κ1) is 15.9. The van der Waals surface area contributed by atoms with Crippen LogP contribution in [0.5, 0.6) is 0 Å². The lowest BCUT2D eigenvalue weighted by Crippen LogP contribution is -2.58. The molecule has 0 bridgehead atoms. The number of fused-ring (bicyclic) bond motifs is 6. The molecule has 136 valence electrons. The zero-order chi connectivity index (χ0) is 18.7. The van der Waals surface area contributed by atoms with Gasteiger partial charge in [-0.05, 0) is 23.8 Å². The Bertz CT molecular complexity index is 1090. The summed E-state index contributed by atoms with van der Waals surface area (Å²) < 4.78 is 5.05. The zero-order valence-corrected chi connectivity index (χ0v) is 15.1. The highest BCUT2D eigenvalue weighted by molar-refractivity contribution is 6.04. The highest BCUT2D eigenvalue weighted by Gasteiger charge is 2.48. The highest BCUT2D eigenvalue weighted by Crippen LogP contribution is 2.45. The summed E-state index contributed by atoms with van der Waals surface area (Å²) in [5.41, 5.74) is 4.50. The topological polar surface area (TPSA) is 65.6 Å². The summed E-state index contributed by atoms with van der Waals surface area (Å²) in [5, 5.41) is 1.08. The van der Waals surface area contributed by atoms with Crippen LogP contribution in [0.2, 0.25) is 0 Å². The van der Waals surface area contributed by atoms with Crippen LogP contribution in [-0.2, 0) is 16.0 Å². The monoisotopic (exact) mass is 361 g/mol. The third-order valence-electron chi connectivity index (χ3n) is 5.69. The first-order valence-electron chi connectivity index (χ1n) is 8.93. The molecule has 1 amide bonds. The molecule has 2 atom stereocenters. The number of methoxy groups -OCH3 is 1. The van der Waals surface area contributed by atoms with Crippen molar-refractivity contribution in [2.75, 3.05) is 19.1 Å². The molecule has 2 aliphatic rings. The smallest absolute Gasteiger partial charge is 0.329 e. The Labute approximate surface area is 156 Å². The summed E-state index contributed by atoms with van der Waals surface area (Å²) in [6.07, 6.45) is 0.0530. The number of hydrogen-bond acceptors (Lipinski definition) is 4. The lowest BCUT2D eigenvalue weighted by atomic mass is 9.91. The van der Waals surface area contributed by atoms with E-state index >= 15 is 0 Å². The van der Waals surface area contributed by atoms with Gasteiger partial charge in [0, 0.05) is 24.4 Å². The molecule has 0 fully saturated rings. The second-order valence-corrected chi connectivity index (χ2v) is 7.02. The molecule has 6 nitrogen and oxygen atoms in total. The van der Waals surface area contributed by atoms with Gasteiger partial charge in [0.25, 0.3) is 5.91 Å². The van der Waals surface area contributed by atoms with E-state index in [0.717, 1.165) is 27.8 Å². The predicted molar refractivity (Wildman–Crippen MR) is 102 cm³/mol. The van der Waals surface area contributed by atoms with Crippen LogP contribution in [0, 0.1) is 0 Å². The molecule has 1 N–H and O–H groups in total. The van der Waals surface area contributed by atoms with Crippen molar-refractivity contribution in [2.45, 2.75) is 18.6 Å². The van der Waals surface area contributed by atoms with Gasteiger partial charge in [-0.1, -0.05) is 30.3 Å². The summed E-state index contributed by atoms with van der Waals surface area (Å²) in [6, 6.07) is 14.9. The van der Waals surface area contributed by atoms with E-state index in [2.05, 4.69) is 9.88 Å². The number of carbonyl (C=O) groups excluding carboxylic acids is 2. The number of ether oxygens (including phenoxy) is 1. The summed E-state index contributed by atoms with van der Waals surface area (Å²) in [4.78, 5) is 33.1. The van der Waals surface area contributed by atoms with Crippen LogP contribution in [0.25, 0.3) is 10.9 Å². The lowest BCUT2D eigenvalue weighted by Gasteiger charge is -2.48. The Hall–Kier alpha value is -3.28. The highest BCUT2D eigenvalue weighted by atomic mass is 16.5. The van der Waals surface area contributed by atoms with Crippen LogP contribution in [0.3, 0.4) is 0 Å². The fourth-order valence-corrected chi connectivity index (χ4v) is 4.46. The number of aromatic amines is 1. The fourth-order valence-electron chi connectivity index (χ4n) is 4.46. The Morgan fingerprint density at radius 1 is 1.15 bits per heavy atom. The van der Waals surface area contributed by atoms with Gasteiger partial charge in [-0.2, -0.15) is 0 Å². The van der Waals surface area contributed by atoms with E-state index in [-0.39, 0.29) is 12.1 Å². The quantitative estimate of drug-likeness (QED) is 0.677. The standard InChI is InChI=1S/C21H19N3O3/c1-23-16-10-6-4-8-13(16)20(25)24-17(21(26)27-2)11-14-12-7-3-5-9-15(12)22-18(14)19(23)24/h3-10,17,19,22H,11H2,1-2H3/t17-,19-/m1/s1. The first-order chi connectivity index (χ1) is 13.1. The summed E-state index contributed by atoms with van der Waals surface area (Å²) in [7, 11) is 3.33. The maximum Gasteiger partial charge on any atom is 0.329 e. The average Bonchev–Trinajstić information content (AvgIpc) is 3.08. The molecular formula is C21H19N3O3. The van der Waals surface area contributed by atoms with Gasteiger partial charge in [0.2, 0.25) is 0 Å². The molecule has 5 rings (SSSR count). The van der Waals surface area contributed by atoms with Gasteiger partial charge in [-0.3, -0.25) is 9.69 Å². The van der Waals surface area contributed by atoms with E-state index in [0.29, 0.717) is 12.0 Å². The van der Waals surface area contributed by atoms with Crippen molar-refractivity contribution < 1.29 is 14.3 Å². The second-order valence-electron chi connectivity index (χ2n) is 7.02. The Balaban J connectivity index is 1.78. The number of hydrogen-bond donors (Lipinski definition) is 1. The fraction of sp³-hybridized carbons (Fsp3) is 0.238. The molecule has 0 spiro atoms. The van der Waals surface area contributed by atoms with E-state index in [4.69, 9.17) is 4.74 Å². The molecule has 0 saturated carbocycles. The molecule has 27 heavy (non-hydrogen) atoms. The van der Waals surface area contributed by atoms with Crippen LogP contribution in [0.15, 0.2) is 48.5 Å². The van der Waals surface area contributed by atoms with Gasteiger partial charge >= 0.3 is 5.97 Å². The summed E-state index contributed by atoms with van der Waals surface area (Å²) >= 11 is 0. The van der Waals surface area contributed by atoms with Gasteiger partial charge in [0.1, 0.15) is 12.2 Å². The van der Waals surface area contributed by atoms with Gasteiger partial charge in [0.15, 0.2) is 0 Å². The SMILES string of the molecule is COC(=O)[C@H]1Cc2c([nH]c3ccccc23)[C@@H]2N(C)c3ccccc3C(=O)N12. The number of esters is 1. The molecule has 2 aliphatic heterocycles. The van der Waals surface area contributed by atoms with Crippen molar-refractivity contribution in [2.24, 2.45) is 0 Å². The van der Waals surface area contributed by atoms with Crippen molar-refractivity contribution in [1.29, 1.82) is 0 Å². The number of benzene rings is 2. The minimum Gasteiger partial charge on any atom is -0.467 e. The molecule has 6 heteroatoms. The van der Waals surface area contributed by atoms with Gasteiger partial charge in [-0.15, -0.1) is 0 Å². The number of para-hydroxylation sites is 2. The van der Waals surface area contributed by atoms with E-state index in [1.807, 2.05) is 49.5 Å². The van der Waals surface area contributed by atoms with Crippen LogP contribution < -0.4 is 4.90 Å². The zero-order valence-electron chi connectivity index (χ0n) is 15.1.